The molecule has 0 radical (unpaired) electrons. The van der Waals surface area contributed by atoms with Crippen LogP contribution in [0.1, 0.15) is 30.2 Å². The van der Waals surface area contributed by atoms with Gasteiger partial charge in [-0.05, 0) is 32.4 Å². The number of anilines is 1. The van der Waals surface area contributed by atoms with E-state index in [0.717, 1.165) is 16.8 Å². The van der Waals surface area contributed by atoms with E-state index in [0.29, 0.717) is 24.0 Å². The van der Waals surface area contributed by atoms with E-state index >= 15 is 0 Å². The molecule has 1 heterocycles. The highest BCUT2D eigenvalue weighted by Gasteiger charge is 2.11. The van der Waals surface area contributed by atoms with Crippen LogP contribution in [0.25, 0.3) is 0 Å². The quantitative estimate of drug-likeness (QED) is 0.610. The number of carbonyl (C=O) groups is 1. The Labute approximate surface area is 118 Å². The number of aromatic nitrogens is 1. The second-order valence-electron chi connectivity index (χ2n) is 4.15. The van der Waals surface area contributed by atoms with Crippen LogP contribution < -0.4 is 11.1 Å². The number of nitrogens with two attached hydrogens (primary N) is 1. The van der Waals surface area contributed by atoms with Gasteiger partial charge in [-0.15, -0.1) is 0 Å². The smallest absolute Gasteiger partial charge is 0.307 e. The Hall–Kier alpha value is -1.69. The summed E-state index contributed by atoms with van der Waals surface area (Å²) in [7, 11) is 0. The molecule has 0 aliphatic rings. The third kappa shape index (κ3) is 4.48. The molecule has 0 saturated carbocycles. The maximum Gasteiger partial charge on any atom is 0.307 e. The number of ether oxygens (including phenoxy) is 1. The van der Waals surface area contributed by atoms with E-state index in [9.17, 15) is 4.79 Å². The number of esters is 1. The third-order valence-corrected chi connectivity index (χ3v) is 2.72. The van der Waals surface area contributed by atoms with E-state index in [2.05, 4.69) is 10.3 Å². The number of nitrogens with zero attached hydrogens (tertiary/aromatic N) is 1. The SMILES string of the molecule is CCOC(=O)CCNc1nc(C)cc(C)c1C(N)=S. The topological polar surface area (TPSA) is 77.2 Å². The molecule has 0 fully saturated rings. The van der Waals surface area contributed by atoms with E-state index in [1.165, 1.54) is 0 Å². The van der Waals surface area contributed by atoms with E-state index in [1.807, 2.05) is 19.9 Å². The van der Waals surface area contributed by atoms with Crippen molar-refractivity contribution in [2.24, 2.45) is 5.73 Å². The van der Waals surface area contributed by atoms with Gasteiger partial charge in [0.1, 0.15) is 10.8 Å². The van der Waals surface area contributed by atoms with Gasteiger partial charge in [0.2, 0.25) is 0 Å². The summed E-state index contributed by atoms with van der Waals surface area (Å²) in [6, 6.07) is 1.92. The first kappa shape index (κ1) is 15.4. The molecule has 0 saturated heterocycles. The summed E-state index contributed by atoms with van der Waals surface area (Å²) >= 11 is 5.03. The second-order valence-corrected chi connectivity index (χ2v) is 4.59. The van der Waals surface area contributed by atoms with Crippen molar-refractivity contribution in [2.45, 2.75) is 27.2 Å². The Balaban J connectivity index is 2.77. The minimum Gasteiger partial charge on any atom is -0.466 e. The fourth-order valence-corrected chi connectivity index (χ4v) is 2.05. The van der Waals surface area contributed by atoms with Crippen molar-refractivity contribution in [3.8, 4) is 0 Å². The molecule has 6 heteroatoms. The summed E-state index contributed by atoms with van der Waals surface area (Å²) in [5.74, 6) is 0.380. The predicted molar refractivity (Wildman–Crippen MR) is 79.3 cm³/mol. The minimum atomic E-state index is -0.240. The van der Waals surface area contributed by atoms with Crippen molar-refractivity contribution in [1.29, 1.82) is 0 Å². The van der Waals surface area contributed by atoms with Crippen LogP contribution in [-0.2, 0) is 9.53 Å². The van der Waals surface area contributed by atoms with Crippen LogP contribution in [0.2, 0.25) is 0 Å². The summed E-state index contributed by atoms with van der Waals surface area (Å²) < 4.78 is 4.86. The summed E-state index contributed by atoms with van der Waals surface area (Å²) in [5.41, 5.74) is 8.27. The van der Waals surface area contributed by atoms with Gasteiger partial charge in [-0.3, -0.25) is 4.79 Å². The predicted octanol–water partition coefficient (Wildman–Crippen LogP) is 1.70. The molecular weight excluding hydrogens is 262 g/mol. The first-order valence-electron chi connectivity index (χ1n) is 6.13. The standard InChI is InChI=1S/C13H19N3O2S/c1-4-18-10(17)5-6-15-13-11(12(14)19)8(2)7-9(3)16-13/h7H,4-6H2,1-3H3,(H2,14,19)(H,15,16). The maximum atomic E-state index is 11.3. The molecule has 0 aliphatic heterocycles. The summed E-state index contributed by atoms with van der Waals surface area (Å²) in [5, 5.41) is 3.09. The van der Waals surface area contributed by atoms with Crippen LogP contribution in [-0.4, -0.2) is 29.1 Å². The second kappa shape index (κ2) is 7.04. The number of rotatable bonds is 6. The van der Waals surface area contributed by atoms with Gasteiger partial charge in [0.15, 0.2) is 0 Å². The first-order chi connectivity index (χ1) is 8.95. The van der Waals surface area contributed by atoms with Gasteiger partial charge in [-0.25, -0.2) is 4.98 Å². The third-order valence-electron chi connectivity index (χ3n) is 2.52. The highest BCUT2D eigenvalue weighted by atomic mass is 32.1. The Morgan fingerprint density at radius 2 is 2.21 bits per heavy atom. The normalized spacial score (nSPS) is 10.1. The van der Waals surface area contributed by atoms with Gasteiger partial charge in [-0.1, -0.05) is 12.2 Å². The molecule has 5 nitrogen and oxygen atoms in total. The number of pyridine rings is 1. The van der Waals surface area contributed by atoms with E-state index in [1.54, 1.807) is 6.92 Å². The van der Waals surface area contributed by atoms with Crippen LogP contribution in [0, 0.1) is 13.8 Å². The Morgan fingerprint density at radius 3 is 2.79 bits per heavy atom. The van der Waals surface area contributed by atoms with E-state index in [-0.39, 0.29) is 12.4 Å². The van der Waals surface area contributed by atoms with Gasteiger partial charge in [0.05, 0.1) is 18.6 Å². The van der Waals surface area contributed by atoms with Gasteiger partial charge in [0, 0.05) is 12.2 Å². The molecule has 0 aromatic carbocycles. The van der Waals surface area contributed by atoms with Gasteiger partial charge < -0.3 is 15.8 Å². The molecule has 1 aromatic heterocycles. The van der Waals surface area contributed by atoms with Crippen molar-refractivity contribution >= 4 is 29.0 Å². The summed E-state index contributed by atoms with van der Waals surface area (Å²) in [6.45, 7) is 6.43. The average molecular weight is 281 g/mol. The molecule has 0 aliphatic carbocycles. The number of hydrogen-bond donors (Lipinski definition) is 2. The van der Waals surface area contributed by atoms with Crippen LogP contribution in [0.3, 0.4) is 0 Å². The lowest BCUT2D eigenvalue weighted by atomic mass is 10.1. The van der Waals surface area contributed by atoms with Crippen LogP contribution >= 0.6 is 12.2 Å². The monoisotopic (exact) mass is 281 g/mol. The molecule has 104 valence electrons. The largest absolute Gasteiger partial charge is 0.466 e. The molecule has 0 amide bonds. The van der Waals surface area contributed by atoms with Crippen LogP contribution in [0.5, 0.6) is 0 Å². The lowest BCUT2D eigenvalue weighted by Crippen LogP contribution is -2.18. The van der Waals surface area contributed by atoms with Crippen molar-refractivity contribution in [3.05, 3.63) is 22.9 Å². The number of carbonyl (C=O) groups excluding carboxylic acids is 1. The fraction of sp³-hybridized carbons (Fsp3) is 0.462. The maximum absolute atomic E-state index is 11.3. The van der Waals surface area contributed by atoms with Crippen molar-refractivity contribution in [2.75, 3.05) is 18.5 Å². The lowest BCUT2D eigenvalue weighted by molar-refractivity contribution is -0.142. The molecule has 0 unspecified atom stereocenters. The fourth-order valence-electron chi connectivity index (χ4n) is 1.79. The molecular formula is C13H19N3O2S. The van der Waals surface area contributed by atoms with E-state index in [4.69, 9.17) is 22.7 Å². The first-order valence-corrected chi connectivity index (χ1v) is 6.54. The molecule has 1 aromatic rings. The lowest BCUT2D eigenvalue weighted by Gasteiger charge is -2.13. The van der Waals surface area contributed by atoms with Gasteiger partial charge in [-0.2, -0.15) is 0 Å². The van der Waals surface area contributed by atoms with Gasteiger partial charge >= 0.3 is 5.97 Å². The van der Waals surface area contributed by atoms with E-state index < -0.39 is 0 Å². The van der Waals surface area contributed by atoms with Crippen molar-refractivity contribution in [3.63, 3.8) is 0 Å². The highest BCUT2D eigenvalue weighted by molar-refractivity contribution is 7.80. The Bertz CT molecular complexity index is 489. The molecule has 0 spiro atoms. The Kier molecular flexibility index (Phi) is 5.69. The molecule has 0 atom stereocenters. The molecule has 19 heavy (non-hydrogen) atoms. The summed E-state index contributed by atoms with van der Waals surface area (Å²) in [6.07, 6.45) is 0.277. The zero-order valence-corrected chi connectivity index (χ0v) is 12.3. The van der Waals surface area contributed by atoms with Crippen LogP contribution in [0.4, 0.5) is 5.82 Å². The average Bonchev–Trinajstić information content (AvgIpc) is 2.27. The van der Waals surface area contributed by atoms with Gasteiger partial charge in [0.25, 0.3) is 0 Å². The molecule has 0 bridgehead atoms. The number of thiocarbonyl (C=S) groups is 1. The molecule has 1 rings (SSSR count). The minimum absolute atomic E-state index is 0.240. The van der Waals surface area contributed by atoms with Crippen molar-refractivity contribution in [1.82, 2.24) is 4.98 Å². The van der Waals surface area contributed by atoms with Crippen LogP contribution in [0.15, 0.2) is 6.07 Å². The Morgan fingerprint density at radius 1 is 1.53 bits per heavy atom. The number of aryl methyl sites for hydroxylation is 2. The van der Waals surface area contributed by atoms with Crippen molar-refractivity contribution < 1.29 is 9.53 Å². The highest BCUT2D eigenvalue weighted by Crippen LogP contribution is 2.18. The molecule has 3 N–H and O–H groups in total. The number of hydrogen-bond acceptors (Lipinski definition) is 5. The zero-order chi connectivity index (χ0) is 14.4. The summed E-state index contributed by atoms with van der Waals surface area (Å²) in [4.78, 5) is 15.9. The zero-order valence-electron chi connectivity index (χ0n) is 11.4. The number of nitrogens with one attached hydrogen (secondary N) is 1.